The van der Waals surface area contributed by atoms with Gasteiger partial charge in [-0.3, -0.25) is 9.97 Å². The maximum absolute atomic E-state index is 5.51. The van der Waals surface area contributed by atoms with E-state index in [2.05, 4.69) is 9.97 Å². The maximum atomic E-state index is 5.51. The van der Waals surface area contributed by atoms with E-state index in [1.54, 1.807) is 18.6 Å². The second-order valence-electron chi connectivity index (χ2n) is 1.92. The predicted molar refractivity (Wildman–Crippen MR) is 34.6 cm³/mol. The smallest absolute Gasteiger partial charge is 0.0751 e. The van der Waals surface area contributed by atoms with Gasteiger partial charge in [-0.1, -0.05) is 0 Å². The first kappa shape index (κ1) is 6.16. The van der Waals surface area contributed by atoms with Gasteiger partial charge in [-0.25, -0.2) is 0 Å². The minimum atomic E-state index is -0.0151. The van der Waals surface area contributed by atoms with E-state index in [0.717, 1.165) is 5.69 Å². The highest BCUT2D eigenvalue weighted by atomic mass is 14.8. The summed E-state index contributed by atoms with van der Waals surface area (Å²) in [7, 11) is 0. The average molecular weight is 123 g/mol. The third-order valence-electron chi connectivity index (χ3n) is 1.05. The van der Waals surface area contributed by atoms with Crippen molar-refractivity contribution in [3.8, 4) is 0 Å². The monoisotopic (exact) mass is 123 g/mol. The van der Waals surface area contributed by atoms with Crippen molar-refractivity contribution in [2.24, 2.45) is 5.73 Å². The molecule has 0 bridgehead atoms. The summed E-state index contributed by atoms with van der Waals surface area (Å²) in [5, 5.41) is 0. The van der Waals surface area contributed by atoms with E-state index in [1.807, 2.05) is 6.92 Å². The zero-order valence-electron chi connectivity index (χ0n) is 5.28. The van der Waals surface area contributed by atoms with Gasteiger partial charge in [0.05, 0.1) is 5.69 Å². The van der Waals surface area contributed by atoms with Gasteiger partial charge in [-0.15, -0.1) is 0 Å². The Kier molecular flexibility index (Phi) is 1.75. The van der Waals surface area contributed by atoms with E-state index in [4.69, 9.17) is 5.73 Å². The van der Waals surface area contributed by atoms with E-state index in [1.165, 1.54) is 0 Å². The van der Waals surface area contributed by atoms with Gasteiger partial charge in [0.2, 0.25) is 0 Å². The normalized spacial score (nSPS) is 13.1. The summed E-state index contributed by atoms with van der Waals surface area (Å²) in [6.45, 7) is 1.88. The van der Waals surface area contributed by atoms with Crippen LogP contribution in [0.5, 0.6) is 0 Å². The maximum Gasteiger partial charge on any atom is 0.0751 e. The van der Waals surface area contributed by atoms with E-state index in [0.29, 0.717) is 0 Å². The summed E-state index contributed by atoms with van der Waals surface area (Å²) in [6, 6.07) is -0.0151. The van der Waals surface area contributed by atoms with Crippen LogP contribution >= 0.6 is 0 Å². The van der Waals surface area contributed by atoms with Crippen molar-refractivity contribution in [3.05, 3.63) is 24.3 Å². The minimum absolute atomic E-state index is 0.0151. The molecule has 0 saturated heterocycles. The highest BCUT2D eigenvalue weighted by Gasteiger charge is 1.96. The first-order valence-electron chi connectivity index (χ1n) is 2.82. The molecule has 1 aromatic heterocycles. The molecular weight excluding hydrogens is 114 g/mol. The molecule has 9 heavy (non-hydrogen) atoms. The van der Waals surface area contributed by atoms with Crippen molar-refractivity contribution in [2.75, 3.05) is 0 Å². The second kappa shape index (κ2) is 2.55. The average Bonchev–Trinajstić information content (AvgIpc) is 1.90. The van der Waals surface area contributed by atoms with Gasteiger partial charge in [0.25, 0.3) is 0 Å². The molecule has 1 rings (SSSR count). The summed E-state index contributed by atoms with van der Waals surface area (Å²) in [4.78, 5) is 7.85. The number of nitrogens with two attached hydrogens (primary N) is 1. The number of hydrogen-bond acceptors (Lipinski definition) is 3. The highest BCUT2D eigenvalue weighted by Crippen LogP contribution is 2.00. The zero-order valence-corrected chi connectivity index (χ0v) is 5.28. The standard InChI is InChI=1S/C6H9N3/c1-5(7)6-4-8-2-3-9-6/h2-5H,7H2,1H3/t5-/m1/s1. The fraction of sp³-hybridized carbons (Fsp3) is 0.333. The molecule has 0 unspecified atom stereocenters. The zero-order chi connectivity index (χ0) is 6.69. The summed E-state index contributed by atoms with van der Waals surface area (Å²) in [5.74, 6) is 0. The Morgan fingerprint density at radius 2 is 2.33 bits per heavy atom. The van der Waals surface area contributed by atoms with Crippen LogP contribution in [0.3, 0.4) is 0 Å². The van der Waals surface area contributed by atoms with E-state index in [9.17, 15) is 0 Å². The SMILES string of the molecule is C[C@@H](N)c1cnccn1. The van der Waals surface area contributed by atoms with E-state index >= 15 is 0 Å². The third-order valence-corrected chi connectivity index (χ3v) is 1.05. The van der Waals surface area contributed by atoms with Crippen LogP contribution in [-0.4, -0.2) is 9.97 Å². The Hall–Kier alpha value is -0.960. The van der Waals surface area contributed by atoms with Crippen molar-refractivity contribution in [1.82, 2.24) is 9.97 Å². The van der Waals surface area contributed by atoms with Crippen LogP contribution in [-0.2, 0) is 0 Å². The third kappa shape index (κ3) is 1.47. The molecule has 2 N–H and O–H groups in total. The van der Waals surface area contributed by atoms with Crippen molar-refractivity contribution in [1.29, 1.82) is 0 Å². The van der Waals surface area contributed by atoms with Crippen LogP contribution in [0.25, 0.3) is 0 Å². The van der Waals surface area contributed by atoms with Gasteiger partial charge in [-0.2, -0.15) is 0 Å². The van der Waals surface area contributed by atoms with Gasteiger partial charge in [0.15, 0.2) is 0 Å². The first-order valence-corrected chi connectivity index (χ1v) is 2.82. The van der Waals surface area contributed by atoms with Gasteiger partial charge in [-0.05, 0) is 6.92 Å². The Morgan fingerprint density at radius 1 is 1.56 bits per heavy atom. The molecule has 0 radical (unpaired) electrons. The molecule has 3 heteroatoms. The molecule has 1 heterocycles. The molecule has 0 saturated carbocycles. The van der Waals surface area contributed by atoms with Crippen molar-refractivity contribution in [2.45, 2.75) is 13.0 Å². The van der Waals surface area contributed by atoms with Crippen molar-refractivity contribution >= 4 is 0 Å². The first-order chi connectivity index (χ1) is 4.30. The Balaban J connectivity index is 2.85. The molecule has 0 fully saturated rings. The summed E-state index contributed by atoms with van der Waals surface area (Å²) in [5.41, 5.74) is 6.34. The van der Waals surface area contributed by atoms with E-state index in [-0.39, 0.29) is 6.04 Å². The molecule has 48 valence electrons. The molecule has 0 spiro atoms. The van der Waals surface area contributed by atoms with Crippen LogP contribution < -0.4 is 5.73 Å². The molecule has 0 aliphatic rings. The molecular formula is C6H9N3. The number of hydrogen-bond donors (Lipinski definition) is 1. The molecule has 1 aromatic rings. The second-order valence-corrected chi connectivity index (χ2v) is 1.92. The summed E-state index contributed by atoms with van der Waals surface area (Å²) in [6.07, 6.45) is 4.94. The predicted octanol–water partition coefficient (Wildman–Crippen LogP) is 0.496. The van der Waals surface area contributed by atoms with Crippen LogP contribution in [0.15, 0.2) is 18.6 Å². The lowest BCUT2D eigenvalue weighted by Gasteiger charge is -1.99. The lowest BCUT2D eigenvalue weighted by atomic mass is 10.3. The number of aromatic nitrogens is 2. The summed E-state index contributed by atoms with van der Waals surface area (Å²) < 4.78 is 0. The van der Waals surface area contributed by atoms with Crippen molar-refractivity contribution in [3.63, 3.8) is 0 Å². The number of rotatable bonds is 1. The van der Waals surface area contributed by atoms with Gasteiger partial charge < -0.3 is 5.73 Å². The van der Waals surface area contributed by atoms with Crippen LogP contribution in [0.2, 0.25) is 0 Å². The van der Waals surface area contributed by atoms with Crippen molar-refractivity contribution < 1.29 is 0 Å². The lowest BCUT2D eigenvalue weighted by Crippen LogP contribution is -2.06. The van der Waals surface area contributed by atoms with Gasteiger partial charge in [0, 0.05) is 24.6 Å². The fourth-order valence-corrected chi connectivity index (χ4v) is 0.546. The molecule has 3 nitrogen and oxygen atoms in total. The molecule has 1 atom stereocenters. The quantitative estimate of drug-likeness (QED) is 0.591. The van der Waals surface area contributed by atoms with E-state index < -0.39 is 0 Å². The van der Waals surface area contributed by atoms with Crippen LogP contribution in [0.1, 0.15) is 18.7 Å². The Labute approximate surface area is 53.9 Å². The minimum Gasteiger partial charge on any atom is -0.323 e. The summed E-state index contributed by atoms with van der Waals surface area (Å²) >= 11 is 0. The molecule has 0 aliphatic heterocycles. The molecule has 0 aromatic carbocycles. The number of nitrogens with zero attached hydrogens (tertiary/aromatic N) is 2. The van der Waals surface area contributed by atoms with Crippen LogP contribution in [0, 0.1) is 0 Å². The van der Waals surface area contributed by atoms with Gasteiger partial charge in [0.1, 0.15) is 0 Å². The molecule has 0 amide bonds. The topological polar surface area (TPSA) is 51.8 Å². The largest absolute Gasteiger partial charge is 0.323 e. The Morgan fingerprint density at radius 3 is 2.67 bits per heavy atom. The fourth-order valence-electron chi connectivity index (χ4n) is 0.546. The highest BCUT2D eigenvalue weighted by molar-refractivity contribution is 4.98. The van der Waals surface area contributed by atoms with Crippen LogP contribution in [0.4, 0.5) is 0 Å². The van der Waals surface area contributed by atoms with Gasteiger partial charge >= 0.3 is 0 Å². The molecule has 0 aliphatic carbocycles. The Bertz CT molecular complexity index is 171. The lowest BCUT2D eigenvalue weighted by molar-refractivity contribution is 0.772.